The number of alkyl halides is 1. The van der Waals surface area contributed by atoms with Gasteiger partial charge in [-0.2, -0.15) is 0 Å². The fourth-order valence-electron chi connectivity index (χ4n) is 2.51. The highest BCUT2D eigenvalue weighted by Crippen LogP contribution is 2.32. The molecule has 0 saturated heterocycles. The van der Waals surface area contributed by atoms with Gasteiger partial charge in [0.1, 0.15) is 5.82 Å². The molecule has 0 fully saturated rings. The molecule has 2 aromatic carbocycles. The summed E-state index contributed by atoms with van der Waals surface area (Å²) >= 11 is 11.8. The molecular formula is C19H14Cl2F2N2O2. The number of hydrogen-bond acceptors (Lipinski definition) is 3. The normalized spacial score (nSPS) is 13.2. The minimum absolute atomic E-state index is 0.120. The molecule has 3 rings (SSSR count). The molecule has 0 N–H and O–H groups in total. The van der Waals surface area contributed by atoms with Crippen LogP contribution in [0.15, 0.2) is 61.2 Å². The Morgan fingerprint density at radius 1 is 1.15 bits per heavy atom. The van der Waals surface area contributed by atoms with Gasteiger partial charge in [0.15, 0.2) is 6.10 Å². The van der Waals surface area contributed by atoms with E-state index < -0.39 is 24.2 Å². The van der Waals surface area contributed by atoms with Crippen molar-refractivity contribution in [1.29, 1.82) is 0 Å². The summed E-state index contributed by atoms with van der Waals surface area (Å²) in [5, 5.41) is 0.667. The van der Waals surface area contributed by atoms with Crippen LogP contribution in [0.3, 0.4) is 0 Å². The first kappa shape index (κ1) is 19.3. The number of halogens is 4. The molecule has 3 aromatic rings. The smallest absolute Gasteiger partial charge is 0.311 e. The highest BCUT2D eigenvalue weighted by atomic mass is 35.5. The molecule has 0 spiro atoms. The maximum atomic E-state index is 14.9. The van der Waals surface area contributed by atoms with Gasteiger partial charge in [0, 0.05) is 12.4 Å². The number of carbonyl (C=O) groups is 1. The lowest BCUT2D eigenvalue weighted by molar-refractivity contribution is -0.154. The van der Waals surface area contributed by atoms with Gasteiger partial charge in [0.25, 0.3) is 0 Å². The highest BCUT2D eigenvalue weighted by Gasteiger charge is 2.28. The number of nitrogens with zero attached hydrogens (tertiary/aromatic N) is 2. The van der Waals surface area contributed by atoms with Crippen molar-refractivity contribution in [2.24, 2.45) is 0 Å². The van der Waals surface area contributed by atoms with Gasteiger partial charge in [-0.25, -0.2) is 13.8 Å². The van der Waals surface area contributed by atoms with Crippen molar-refractivity contribution >= 4 is 29.2 Å². The van der Waals surface area contributed by atoms with E-state index in [1.165, 1.54) is 47.6 Å². The van der Waals surface area contributed by atoms with Crippen LogP contribution in [0, 0.1) is 5.82 Å². The highest BCUT2D eigenvalue weighted by molar-refractivity contribution is 6.42. The van der Waals surface area contributed by atoms with Crippen molar-refractivity contribution in [3.05, 3.63) is 88.2 Å². The zero-order valence-electron chi connectivity index (χ0n) is 13.9. The van der Waals surface area contributed by atoms with Crippen LogP contribution in [-0.2, 0) is 16.0 Å². The van der Waals surface area contributed by atoms with Crippen LogP contribution in [0.25, 0.3) is 0 Å². The Hall–Kier alpha value is -2.44. The topological polar surface area (TPSA) is 44.1 Å². The van der Waals surface area contributed by atoms with Gasteiger partial charge in [0.2, 0.25) is 6.30 Å². The summed E-state index contributed by atoms with van der Waals surface area (Å²) in [6.45, 7) is 0. The van der Waals surface area contributed by atoms with Gasteiger partial charge in [-0.3, -0.25) is 4.79 Å². The SMILES string of the molecule is O=C(Cc1ccc(Cl)c(Cl)c1)OC(c1ccc(F)cc1)C(F)n1ccnc1. The average Bonchev–Trinajstić information content (AvgIpc) is 3.18. The minimum atomic E-state index is -1.73. The third kappa shape index (κ3) is 4.84. The van der Waals surface area contributed by atoms with Gasteiger partial charge >= 0.3 is 5.97 Å². The first-order valence-corrected chi connectivity index (χ1v) is 8.70. The fraction of sp³-hybridized carbons (Fsp3) is 0.158. The second-order valence-corrected chi connectivity index (χ2v) is 6.58. The number of hydrogen-bond donors (Lipinski definition) is 0. The lowest BCUT2D eigenvalue weighted by atomic mass is 10.1. The Morgan fingerprint density at radius 3 is 2.52 bits per heavy atom. The van der Waals surface area contributed by atoms with Crippen molar-refractivity contribution in [1.82, 2.24) is 9.55 Å². The summed E-state index contributed by atoms with van der Waals surface area (Å²) in [6.07, 6.45) is 0.977. The zero-order chi connectivity index (χ0) is 19.4. The number of imidazole rings is 1. The average molecular weight is 411 g/mol. The van der Waals surface area contributed by atoms with E-state index in [1.54, 1.807) is 18.2 Å². The summed E-state index contributed by atoms with van der Waals surface area (Å²) in [7, 11) is 0. The zero-order valence-corrected chi connectivity index (χ0v) is 15.4. The molecule has 8 heteroatoms. The van der Waals surface area contributed by atoms with Gasteiger partial charge in [-0.05, 0) is 35.4 Å². The Kier molecular flexibility index (Phi) is 6.08. The number of ether oxygens (including phenoxy) is 1. The molecule has 140 valence electrons. The standard InChI is InChI=1S/C19H14Cl2F2N2O2/c20-15-6-1-12(9-16(15)21)10-17(26)27-18(13-2-4-14(22)5-3-13)19(23)25-8-7-24-11-25/h1-9,11,18-19H,10H2. The van der Waals surface area contributed by atoms with E-state index in [0.717, 1.165) is 0 Å². The van der Waals surface area contributed by atoms with Gasteiger partial charge in [-0.15, -0.1) is 0 Å². The van der Waals surface area contributed by atoms with Crippen molar-refractivity contribution < 1.29 is 18.3 Å². The molecule has 4 nitrogen and oxygen atoms in total. The Labute approximate surface area is 164 Å². The monoisotopic (exact) mass is 410 g/mol. The van der Waals surface area contributed by atoms with Crippen LogP contribution < -0.4 is 0 Å². The maximum Gasteiger partial charge on any atom is 0.311 e. The molecule has 2 atom stereocenters. The molecule has 1 heterocycles. The number of aromatic nitrogens is 2. The Bertz CT molecular complexity index is 918. The molecule has 0 bridgehead atoms. The molecule has 0 aliphatic rings. The van der Waals surface area contributed by atoms with E-state index in [2.05, 4.69) is 4.98 Å². The lowest BCUT2D eigenvalue weighted by Crippen LogP contribution is -2.20. The maximum absolute atomic E-state index is 14.9. The Balaban J connectivity index is 1.80. The third-order valence-corrected chi connectivity index (χ3v) is 4.59. The number of esters is 1. The van der Waals surface area contributed by atoms with E-state index in [1.807, 2.05) is 0 Å². The van der Waals surface area contributed by atoms with Gasteiger partial charge in [0.05, 0.1) is 22.8 Å². The first-order valence-electron chi connectivity index (χ1n) is 7.94. The van der Waals surface area contributed by atoms with E-state index in [0.29, 0.717) is 21.2 Å². The first-order chi connectivity index (χ1) is 12.9. The van der Waals surface area contributed by atoms with Crippen LogP contribution in [0.2, 0.25) is 10.0 Å². The van der Waals surface area contributed by atoms with Crippen molar-refractivity contribution in [3.8, 4) is 0 Å². The molecule has 1 aromatic heterocycles. The van der Waals surface area contributed by atoms with Gasteiger partial charge < -0.3 is 9.30 Å². The third-order valence-electron chi connectivity index (χ3n) is 3.85. The number of carbonyl (C=O) groups excluding carboxylic acids is 1. The number of rotatable bonds is 6. The molecule has 0 aliphatic heterocycles. The van der Waals surface area contributed by atoms with Gasteiger partial charge in [-0.1, -0.05) is 41.4 Å². The summed E-state index contributed by atoms with van der Waals surface area (Å²) in [5.41, 5.74) is 0.894. The summed E-state index contributed by atoms with van der Waals surface area (Å²) in [5.74, 6) is -1.14. The molecule has 0 radical (unpaired) electrons. The van der Waals surface area contributed by atoms with Crippen molar-refractivity contribution in [3.63, 3.8) is 0 Å². The van der Waals surface area contributed by atoms with Crippen LogP contribution >= 0.6 is 23.2 Å². The quantitative estimate of drug-likeness (QED) is 0.516. The molecule has 2 unspecified atom stereocenters. The van der Waals surface area contributed by atoms with Crippen LogP contribution in [0.4, 0.5) is 8.78 Å². The predicted molar refractivity (Wildman–Crippen MR) is 97.8 cm³/mol. The van der Waals surface area contributed by atoms with Crippen LogP contribution in [0.1, 0.15) is 23.5 Å². The van der Waals surface area contributed by atoms with Crippen molar-refractivity contribution in [2.45, 2.75) is 18.8 Å². The molecule has 0 amide bonds. The lowest BCUT2D eigenvalue weighted by Gasteiger charge is -2.23. The molecule has 0 aliphatic carbocycles. The van der Waals surface area contributed by atoms with Crippen LogP contribution in [0.5, 0.6) is 0 Å². The van der Waals surface area contributed by atoms with E-state index in [4.69, 9.17) is 27.9 Å². The molecule has 27 heavy (non-hydrogen) atoms. The Morgan fingerprint density at radius 2 is 1.89 bits per heavy atom. The second kappa shape index (κ2) is 8.50. The van der Waals surface area contributed by atoms with E-state index in [-0.39, 0.29) is 6.42 Å². The molecular weight excluding hydrogens is 397 g/mol. The van der Waals surface area contributed by atoms with E-state index in [9.17, 15) is 13.6 Å². The second-order valence-electron chi connectivity index (χ2n) is 5.77. The fourth-order valence-corrected chi connectivity index (χ4v) is 2.83. The summed E-state index contributed by atoms with van der Waals surface area (Å²) in [4.78, 5) is 16.2. The van der Waals surface area contributed by atoms with Crippen LogP contribution in [-0.4, -0.2) is 15.5 Å². The predicted octanol–water partition coefficient (Wildman–Crippen LogP) is 5.32. The minimum Gasteiger partial charge on any atom is -0.452 e. The van der Waals surface area contributed by atoms with E-state index >= 15 is 0 Å². The molecule has 0 saturated carbocycles. The largest absolute Gasteiger partial charge is 0.452 e. The van der Waals surface area contributed by atoms with Crippen molar-refractivity contribution in [2.75, 3.05) is 0 Å². The summed E-state index contributed by atoms with van der Waals surface area (Å²) < 4.78 is 34.7. The summed E-state index contributed by atoms with van der Waals surface area (Å²) in [6, 6.07) is 9.83. The number of benzene rings is 2.